The van der Waals surface area contributed by atoms with Crippen LogP contribution in [0.1, 0.15) is 58.3 Å². The van der Waals surface area contributed by atoms with Gasteiger partial charge in [-0.1, -0.05) is 39.0 Å². The van der Waals surface area contributed by atoms with E-state index in [0.717, 1.165) is 45.6 Å². The second-order valence-corrected chi connectivity index (χ2v) is 7.34. The van der Waals surface area contributed by atoms with Crippen molar-refractivity contribution in [3.05, 3.63) is 0 Å². The fourth-order valence-corrected chi connectivity index (χ4v) is 3.62. The van der Waals surface area contributed by atoms with Gasteiger partial charge in [0.15, 0.2) is 0 Å². The SMILES string of the molecule is CCC(O)C(CCCCCCCCOCCO)S(=O)(=O)OC. The van der Waals surface area contributed by atoms with Crippen molar-refractivity contribution in [3.63, 3.8) is 0 Å². The van der Waals surface area contributed by atoms with Crippen LogP contribution in [0.25, 0.3) is 0 Å². The molecule has 0 bridgehead atoms. The lowest BCUT2D eigenvalue weighted by molar-refractivity contribution is 0.0895. The second kappa shape index (κ2) is 13.2. The summed E-state index contributed by atoms with van der Waals surface area (Å²) in [4.78, 5) is 0. The quantitative estimate of drug-likeness (QED) is 0.349. The minimum Gasteiger partial charge on any atom is -0.394 e. The molecular weight excluding hydrogens is 308 g/mol. The lowest BCUT2D eigenvalue weighted by Gasteiger charge is -2.20. The van der Waals surface area contributed by atoms with E-state index in [4.69, 9.17) is 9.84 Å². The van der Waals surface area contributed by atoms with Crippen LogP contribution in [0.3, 0.4) is 0 Å². The van der Waals surface area contributed by atoms with Crippen LogP contribution in [-0.2, 0) is 19.0 Å². The molecule has 6 nitrogen and oxygen atoms in total. The van der Waals surface area contributed by atoms with E-state index < -0.39 is 21.5 Å². The molecule has 0 saturated heterocycles. The number of hydrogen-bond donors (Lipinski definition) is 2. The first-order chi connectivity index (χ1) is 10.5. The average molecular weight is 340 g/mol. The Labute approximate surface area is 134 Å². The molecule has 2 N–H and O–H groups in total. The first-order valence-corrected chi connectivity index (χ1v) is 9.62. The lowest BCUT2D eigenvalue weighted by Crippen LogP contribution is -2.34. The molecule has 7 heteroatoms. The van der Waals surface area contributed by atoms with Crippen molar-refractivity contribution in [1.29, 1.82) is 0 Å². The van der Waals surface area contributed by atoms with E-state index >= 15 is 0 Å². The van der Waals surface area contributed by atoms with Crippen LogP contribution in [0.2, 0.25) is 0 Å². The summed E-state index contributed by atoms with van der Waals surface area (Å²) in [5.74, 6) is 0. The summed E-state index contributed by atoms with van der Waals surface area (Å²) < 4.78 is 33.3. The molecule has 0 saturated carbocycles. The second-order valence-electron chi connectivity index (χ2n) is 5.42. The van der Waals surface area contributed by atoms with Gasteiger partial charge >= 0.3 is 0 Å². The van der Waals surface area contributed by atoms with E-state index in [1.54, 1.807) is 6.92 Å². The minimum absolute atomic E-state index is 0.0646. The molecule has 0 spiro atoms. The van der Waals surface area contributed by atoms with Gasteiger partial charge in [0.1, 0.15) is 5.25 Å². The fourth-order valence-electron chi connectivity index (χ4n) is 2.34. The van der Waals surface area contributed by atoms with E-state index in [1.165, 1.54) is 0 Å². The summed E-state index contributed by atoms with van der Waals surface area (Å²) in [5.41, 5.74) is 0. The van der Waals surface area contributed by atoms with Crippen molar-refractivity contribution in [2.75, 3.05) is 26.9 Å². The van der Waals surface area contributed by atoms with E-state index in [2.05, 4.69) is 4.18 Å². The maximum absolute atomic E-state index is 11.8. The number of unbranched alkanes of at least 4 members (excludes halogenated alkanes) is 5. The van der Waals surface area contributed by atoms with Crippen LogP contribution in [0.4, 0.5) is 0 Å². The number of hydrogen-bond acceptors (Lipinski definition) is 6. The van der Waals surface area contributed by atoms with Gasteiger partial charge in [0.25, 0.3) is 10.1 Å². The summed E-state index contributed by atoms with van der Waals surface area (Å²) in [6, 6.07) is 0. The maximum Gasteiger partial charge on any atom is 0.272 e. The highest BCUT2D eigenvalue weighted by atomic mass is 32.2. The summed E-state index contributed by atoms with van der Waals surface area (Å²) >= 11 is 0. The van der Waals surface area contributed by atoms with Crippen molar-refractivity contribution in [3.8, 4) is 0 Å². The molecule has 0 aromatic carbocycles. The van der Waals surface area contributed by atoms with E-state index in [9.17, 15) is 13.5 Å². The summed E-state index contributed by atoms with van der Waals surface area (Å²) in [6.07, 6.45) is 5.87. The largest absolute Gasteiger partial charge is 0.394 e. The highest BCUT2D eigenvalue weighted by Crippen LogP contribution is 2.19. The predicted octanol–water partition coefficient (Wildman–Crippen LogP) is 1.84. The summed E-state index contributed by atoms with van der Waals surface area (Å²) in [7, 11) is -2.53. The van der Waals surface area contributed by atoms with Crippen LogP contribution in [-0.4, -0.2) is 56.9 Å². The van der Waals surface area contributed by atoms with Gasteiger partial charge in [0.05, 0.1) is 26.4 Å². The Morgan fingerprint density at radius 2 is 1.59 bits per heavy atom. The number of aliphatic hydroxyl groups is 2. The molecule has 0 amide bonds. The molecule has 0 radical (unpaired) electrons. The Hall–Kier alpha value is -0.210. The first kappa shape index (κ1) is 21.8. The van der Waals surface area contributed by atoms with Gasteiger partial charge in [-0.05, 0) is 19.3 Å². The van der Waals surface area contributed by atoms with Gasteiger partial charge in [0, 0.05) is 6.61 Å². The molecule has 22 heavy (non-hydrogen) atoms. The van der Waals surface area contributed by atoms with E-state index in [1.807, 2.05) is 0 Å². The highest BCUT2D eigenvalue weighted by Gasteiger charge is 2.30. The van der Waals surface area contributed by atoms with Crippen molar-refractivity contribution in [2.24, 2.45) is 0 Å². The molecule has 2 atom stereocenters. The zero-order valence-corrected chi connectivity index (χ0v) is 14.7. The Morgan fingerprint density at radius 3 is 2.14 bits per heavy atom. The standard InChI is InChI=1S/C15H32O6S/c1-3-14(17)15(22(18,19)20-2)10-8-6-4-5-7-9-12-21-13-11-16/h14-17H,3-13H2,1-2H3. The smallest absolute Gasteiger partial charge is 0.272 e. The monoisotopic (exact) mass is 340 g/mol. The highest BCUT2D eigenvalue weighted by molar-refractivity contribution is 7.87. The Morgan fingerprint density at radius 1 is 1.00 bits per heavy atom. The zero-order valence-electron chi connectivity index (χ0n) is 13.9. The third kappa shape index (κ3) is 9.74. The van der Waals surface area contributed by atoms with E-state index in [-0.39, 0.29) is 6.61 Å². The maximum atomic E-state index is 11.8. The molecule has 0 aromatic rings. The fraction of sp³-hybridized carbons (Fsp3) is 1.00. The van der Waals surface area contributed by atoms with Crippen LogP contribution in [0, 0.1) is 0 Å². The van der Waals surface area contributed by atoms with Gasteiger partial charge in [-0.3, -0.25) is 4.18 Å². The predicted molar refractivity (Wildman–Crippen MR) is 86.2 cm³/mol. The lowest BCUT2D eigenvalue weighted by atomic mass is 10.0. The Bertz CT molecular complexity index is 344. The van der Waals surface area contributed by atoms with Crippen molar-refractivity contribution >= 4 is 10.1 Å². The van der Waals surface area contributed by atoms with Gasteiger partial charge in [-0.15, -0.1) is 0 Å². The van der Waals surface area contributed by atoms with Gasteiger partial charge in [-0.2, -0.15) is 8.42 Å². The van der Waals surface area contributed by atoms with E-state index in [0.29, 0.717) is 26.1 Å². The molecule has 0 aromatic heterocycles. The first-order valence-electron chi connectivity index (χ1n) is 8.15. The molecule has 134 valence electrons. The van der Waals surface area contributed by atoms with Crippen LogP contribution in [0.5, 0.6) is 0 Å². The zero-order chi connectivity index (χ0) is 16.8. The number of ether oxygens (including phenoxy) is 1. The molecule has 0 aliphatic heterocycles. The topological polar surface area (TPSA) is 93.1 Å². The van der Waals surface area contributed by atoms with Crippen molar-refractivity contribution in [2.45, 2.75) is 69.6 Å². The minimum atomic E-state index is -3.67. The molecule has 0 aliphatic carbocycles. The molecule has 0 heterocycles. The van der Waals surface area contributed by atoms with Crippen LogP contribution in [0.15, 0.2) is 0 Å². The molecular formula is C15H32O6S. The van der Waals surface area contributed by atoms with Gasteiger partial charge in [-0.25, -0.2) is 0 Å². The third-order valence-corrected chi connectivity index (χ3v) is 5.47. The molecule has 0 rings (SSSR count). The molecule has 2 unspecified atom stereocenters. The number of aliphatic hydroxyl groups excluding tert-OH is 2. The average Bonchev–Trinajstić information content (AvgIpc) is 2.51. The van der Waals surface area contributed by atoms with Gasteiger partial charge in [0.2, 0.25) is 0 Å². The summed E-state index contributed by atoms with van der Waals surface area (Å²) in [5, 5.41) is 17.6. The van der Waals surface area contributed by atoms with Crippen molar-refractivity contribution in [1.82, 2.24) is 0 Å². The summed E-state index contributed by atoms with van der Waals surface area (Å²) in [6.45, 7) is 2.91. The van der Waals surface area contributed by atoms with Crippen LogP contribution >= 0.6 is 0 Å². The molecule has 0 aliphatic rings. The van der Waals surface area contributed by atoms with Crippen LogP contribution < -0.4 is 0 Å². The number of rotatable bonds is 15. The molecule has 0 fully saturated rings. The Balaban J connectivity index is 3.78. The van der Waals surface area contributed by atoms with Crippen molar-refractivity contribution < 1.29 is 27.6 Å². The third-order valence-electron chi connectivity index (χ3n) is 3.71. The van der Waals surface area contributed by atoms with Gasteiger partial charge < -0.3 is 14.9 Å². The normalized spacial score (nSPS) is 14.9. The Kier molecular flexibility index (Phi) is 13.1.